The van der Waals surface area contributed by atoms with Gasteiger partial charge in [0, 0.05) is 17.4 Å². The Morgan fingerprint density at radius 3 is 2.33 bits per heavy atom. The van der Waals surface area contributed by atoms with E-state index in [-0.39, 0.29) is 24.4 Å². The number of halogens is 5. The first-order valence-electron chi connectivity index (χ1n) is 7.69. The third-order valence-corrected chi connectivity index (χ3v) is 6.25. The Balaban J connectivity index is 2.02. The van der Waals surface area contributed by atoms with Gasteiger partial charge in [0.25, 0.3) is 0 Å². The number of carbonyl (C=O) groups excluding carboxylic acids is 2. The maximum absolute atomic E-state index is 12.7. The minimum atomic E-state index is -9.69. The number of thioether (sulfide) groups is 1. The van der Waals surface area contributed by atoms with Crippen LogP contribution in [0.4, 0.5) is 19.4 Å². The van der Waals surface area contributed by atoms with Gasteiger partial charge in [0.15, 0.2) is 5.78 Å². The lowest BCUT2D eigenvalue weighted by Crippen LogP contribution is -2.32. The molecule has 11 heteroatoms. The lowest BCUT2D eigenvalue weighted by molar-refractivity contribution is -0.147. The summed E-state index contributed by atoms with van der Waals surface area (Å²) in [6, 6.07) is 2.55. The number of allylic oxidation sites excluding steroid dienone is 1. The third kappa shape index (κ3) is 5.61. The molecule has 2 rings (SSSR count). The molecule has 2 unspecified atom stereocenters. The van der Waals surface area contributed by atoms with Crippen molar-refractivity contribution in [3.8, 4) is 0 Å². The van der Waals surface area contributed by atoms with E-state index in [9.17, 15) is 34.1 Å². The first-order valence-corrected chi connectivity index (χ1v) is 10.6. The fraction of sp³-hybridized carbons (Fsp3) is 0.375. The highest BCUT2D eigenvalue weighted by molar-refractivity contribution is 8.45. The topological polar surface area (TPSA) is 63.6 Å². The fourth-order valence-corrected chi connectivity index (χ4v) is 4.40. The summed E-state index contributed by atoms with van der Waals surface area (Å²) in [5.74, 6) is -2.62. The van der Waals surface area contributed by atoms with Crippen LogP contribution >= 0.6 is 22.0 Å². The second-order valence-electron chi connectivity index (χ2n) is 6.08. The summed E-state index contributed by atoms with van der Waals surface area (Å²) in [6.45, 7) is 0. The molecule has 1 aromatic carbocycles. The molecule has 2 atom stereocenters. The van der Waals surface area contributed by atoms with Crippen LogP contribution in [0.1, 0.15) is 12.8 Å². The first kappa shape index (κ1) is 21.5. The molecule has 0 spiro atoms. The van der Waals surface area contributed by atoms with Crippen LogP contribution in [0, 0.1) is 11.8 Å². The molecule has 0 radical (unpaired) electrons. The Labute approximate surface area is 156 Å². The van der Waals surface area contributed by atoms with Gasteiger partial charge in [0.2, 0.25) is 0 Å². The van der Waals surface area contributed by atoms with Gasteiger partial charge in [-0.3, -0.25) is 9.59 Å². The maximum Gasteiger partial charge on any atom is 0.316 e. The largest absolute Gasteiger partial charge is 0.511 e. The Kier molecular flexibility index (Phi) is 5.34. The summed E-state index contributed by atoms with van der Waals surface area (Å²) in [4.78, 5) is 21.8. The molecule has 0 bridgehead atoms. The SMILES string of the molecule is COC(=O)C1C(O)=CC(=O)CC1CCSc1ccc(S(F)(F)(F)(F)F)cc1. The van der Waals surface area contributed by atoms with E-state index >= 15 is 0 Å². The summed E-state index contributed by atoms with van der Waals surface area (Å²) in [6.07, 6.45) is 1.29. The minimum Gasteiger partial charge on any atom is -0.511 e. The zero-order chi connectivity index (χ0) is 20.5. The van der Waals surface area contributed by atoms with E-state index in [1.165, 1.54) is 0 Å². The number of rotatable bonds is 6. The quantitative estimate of drug-likeness (QED) is 0.358. The number of hydrogen-bond acceptors (Lipinski definition) is 5. The van der Waals surface area contributed by atoms with Gasteiger partial charge in [-0.25, -0.2) is 0 Å². The van der Waals surface area contributed by atoms with Crippen molar-refractivity contribution in [1.29, 1.82) is 0 Å². The molecule has 0 heterocycles. The zero-order valence-electron chi connectivity index (χ0n) is 14.0. The Bertz CT molecular complexity index is 775. The molecule has 1 aliphatic carbocycles. The number of methoxy groups -OCH3 is 1. The van der Waals surface area contributed by atoms with Crippen molar-refractivity contribution >= 4 is 33.7 Å². The normalized spacial score (nSPS) is 23.2. The van der Waals surface area contributed by atoms with Crippen molar-refractivity contribution in [3.63, 3.8) is 0 Å². The molecule has 0 saturated carbocycles. The van der Waals surface area contributed by atoms with E-state index in [0.717, 1.165) is 37.1 Å². The van der Waals surface area contributed by atoms with Gasteiger partial charge in [-0.1, -0.05) is 19.4 Å². The molecule has 1 aliphatic rings. The Morgan fingerprint density at radius 1 is 1.22 bits per heavy atom. The molecule has 0 fully saturated rings. The maximum atomic E-state index is 12.7. The summed E-state index contributed by atoms with van der Waals surface area (Å²) in [5.41, 5.74) is 0. The van der Waals surface area contributed by atoms with Crippen molar-refractivity contribution < 1.29 is 38.9 Å². The number of hydrogen-bond donors (Lipinski definition) is 1. The number of esters is 1. The van der Waals surface area contributed by atoms with Gasteiger partial charge in [-0.15, -0.1) is 11.8 Å². The lowest BCUT2D eigenvalue weighted by Gasteiger charge is -2.40. The summed E-state index contributed by atoms with van der Waals surface area (Å²) >= 11 is 1.09. The lowest BCUT2D eigenvalue weighted by atomic mass is 9.80. The van der Waals surface area contributed by atoms with Crippen LogP contribution < -0.4 is 0 Å². The molecule has 0 saturated heterocycles. The number of ether oxygens (including phenoxy) is 1. The van der Waals surface area contributed by atoms with E-state index in [2.05, 4.69) is 4.74 Å². The predicted octanol–water partition coefficient (Wildman–Crippen LogP) is 5.65. The summed E-state index contributed by atoms with van der Waals surface area (Å²) in [7, 11) is -8.54. The average molecular weight is 432 g/mol. The first-order chi connectivity index (χ1) is 12.2. The summed E-state index contributed by atoms with van der Waals surface area (Å²) < 4.78 is 68.1. The third-order valence-electron chi connectivity index (χ3n) is 4.04. The van der Waals surface area contributed by atoms with Gasteiger partial charge in [-0.05, 0) is 42.4 Å². The van der Waals surface area contributed by atoms with Gasteiger partial charge < -0.3 is 9.84 Å². The van der Waals surface area contributed by atoms with Gasteiger partial charge in [0.1, 0.15) is 16.6 Å². The number of carbonyl (C=O) groups is 2. The molecule has 0 aromatic heterocycles. The minimum absolute atomic E-state index is 0.0214. The van der Waals surface area contributed by atoms with Crippen LogP contribution in [0.2, 0.25) is 0 Å². The zero-order valence-corrected chi connectivity index (χ0v) is 15.7. The number of benzene rings is 1. The molecule has 1 N–H and O–H groups in total. The van der Waals surface area contributed by atoms with Crippen LogP contribution in [-0.4, -0.2) is 29.7 Å². The van der Waals surface area contributed by atoms with Gasteiger partial charge in [0.05, 0.1) is 7.11 Å². The van der Waals surface area contributed by atoms with Gasteiger partial charge in [-0.2, -0.15) is 0 Å². The van der Waals surface area contributed by atoms with Gasteiger partial charge >= 0.3 is 16.2 Å². The second-order valence-corrected chi connectivity index (χ2v) is 9.66. The van der Waals surface area contributed by atoms with Crippen LogP contribution in [0.15, 0.2) is 45.9 Å². The highest BCUT2D eigenvalue weighted by Crippen LogP contribution is 3.02. The molecule has 152 valence electrons. The molecular formula is C16H17F5O4S2. The van der Waals surface area contributed by atoms with Crippen molar-refractivity contribution in [3.05, 3.63) is 36.1 Å². The molecule has 4 nitrogen and oxygen atoms in total. The van der Waals surface area contributed by atoms with Crippen molar-refractivity contribution in [2.24, 2.45) is 11.8 Å². The van der Waals surface area contributed by atoms with Crippen LogP contribution in [0.25, 0.3) is 0 Å². The van der Waals surface area contributed by atoms with Crippen LogP contribution in [0.3, 0.4) is 0 Å². The molecule has 1 aromatic rings. The highest BCUT2D eigenvalue weighted by Gasteiger charge is 2.65. The van der Waals surface area contributed by atoms with Crippen molar-refractivity contribution in [2.75, 3.05) is 12.9 Å². The fourth-order valence-electron chi connectivity index (χ4n) is 2.76. The molecule has 0 aliphatic heterocycles. The Hall–Kier alpha value is -1.75. The Morgan fingerprint density at radius 2 is 1.81 bits per heavy atom. The monoisotopic (exact) mass is 432 g/mol. The highest BCUT2D eigenvalue weighted by atomic mass is 32.5. The molecule has 0 amide bonds. The molecule has 27 heavy (non-hydrogen) atoms. The standard InChI is InChI=1S/C16H17F5O4S2/c1-25-16(24)15-10(8-11(22)9-14(15)23)6-7-26-12-2-4-13(5-3-12)27(17,18,19,20)21/h2-5,9-10,15,23H,6-8H2,1H3. The average Bonchev–Trinajstić information content (AvgIpc) is 2.52. The van der Waals surface area contributed by atoms with E-state index in [1.807, 2.05) is 0 Å². The van der Waals surface area contributed by atoms with Crippen molar-refractivity contribution in [2.45, 2.75) is 22.6 Å². The number of aliphatic hydroxyl groups excluding tert-OH is 1. The predicted molar refractivity (Wildman–Crippen MR) is 92.5 cm³/mol. The van der Waals surface area contributed by atoms with E-state index in [0.29, 0.717) is 22.8 Å². The second kappa shape index (κ2) is 6.69. The number of aliphatic hydroxyl groups is 1. The van der Waals surface area contributed by atoms with E-state index in [1.54, 1.807) is 0 Å². The van der Waals surface area contributed by atoms with Crippen molar-refractivity contribution in [1.82, 2.24) is 0 Å². The van der Waals surface area contributed by atoms with E-state index in [4.69, 9.17) is 0 Å². The van der Waals surface area contributed by atoms with Crippen LogP contribution in [0.5, 0.6) is 0 Å². The smallest absolute Gasteiger partial charge is 0.316 e. The molecular weight excluding hydrogens is 415 g/mol. The van der Waals surface area contributed by atoms with E-state index < -0.39 is 32.9 Å². The number of ketones is 1. The van der Waals surface area contributed by atoms with Crippen LogP contribution in [-0.2, 0) is 14.3 Å². The summed E-state index contributed by atoms with van der Waals surface area (Å²) in [5, 5.41) is 9.84.